The van der Waals surface area contributed by atoms with Gasteiger partial charge in [0.15, 0.2) is 17.2 Å². The predicted molar refractivity (Wildman–Crippen MR) is 183 cm³/mol. The van der Waals surface area contributed by atoms with Gasteiger partial charge in [0.1, 0.15) is 23.9 Å². The lowest BCUT2D eigenvalue weighted by Crippen LogP contribution is -2.36. The number of para-hydroxylation sites is 1. The molecule has 0 radical (unpaired) electrons. The van der Waals surface area contributed by atoms with E-state index in [2.05, 4.69) is 25.2 Å². The van der Waals surface area contributed by atoms with Gasteiger partial charge >= 0.3 is 6.18 Å². The second-order valence-electron chi connectivity index (χ2n) is 13.4. The van der Waals surface area contributed by atoms with E-state index in [1.807, 2.05) is 0 Å². The number of anilines is 1. The molecule has 8 rings (SSSR count). The number of aromatic nitrogens is 6. The average molecular weight is 793 g/mol. The Morgan fingerprint density at radius 3 is 2.48 bits per heavy atom. The number of carbonyl (C=O) groups is 1. The zero-order chi connectivity index (χ0) is 38.5. The van der Waals surface area contributed by atoms with Crippen LogP contribution in [0.1, 0.15) is 53.0 Å². The average Bonchev–Trinajstić information content (AvgIpc) is 3.76. The van der Waals surface area contributed by atoms with Crippen LogP contribution in [0.25, 0.3) is 32.4 Å². The highest BCUT2D eigenvalue weighted by Crippen LogP contribution is 2.64. The van der Waals surface area contributed by atoms with Gasteiger partial charge < -0.3 is 5.32 Å². The fourth-order valence-corrected chi connectivity index (χ4v) is 8.77. The summed E-state index contributed by atoms with van der Waals surface area (Å²) in [6.07, 6.45) is -4.26. The van der Waals surface area contributed by atoms with Crippen molar-refractivity contribution in [3.05, 3.63) is 87.8 Å². The molecule has 0 bridgehead atoms. The smallest absolute Gasteiger partial charge is 0.346 e. The first-order chi connectivity index (χ1) is 25.4. The molecule has 2 aliphatic carbocycles. The Hall–Kier alpha value is -5.11. The van der Waals surface area contributed by atoms with Gasteiger partial charge in [-0.1, -0.05) is 12.1 Å². The Bertz CT molecular complexity index is 2600. The van der Waals surface area contributed by atoms with E-state index in [4.69, 9.17) is 4.98 Å². The molecule has 2 aromatic carbocycles. The van der Waals surface area contributed by atoms with Crippen molar-refractivity contribution in [2.24, 2.45) is 13.0 Å². The van der Waals surface area contributed by atoms with E-state index in [1.165, 1.54) is 21.5 Å². The van der Waals surface area contributed by atoms with Crippen molar-refractivity contribution in [2.75, 3.05) is 11.0 Å². The number of aryl methyl sites for hydroxylation is 1. The van der Waals surface area contributed by atoms with Crippen LogP contribution in [0.15, 0.2) is 48.0 Å². The molecule has 6 aromatic rings. The van der Waals surface area contributed by atoms with Gasteiger partial charge in [-0.3, -0.25) is 18.9 Å². The fourth-order valence-electron chi connectivity index (χ4n) is 7.61. The predicted octanol–water partition coefficient (Wildman–Crippen LogP) is 6.81. The number of amides is 1. The number of nitrogens with zero attached hydrogens (tertiary/aromatic N) is 6. The number of fused-ring (bicyclic) bond motifs is 5. The summed E-state index contributed by atoms with van der Waals surface area (Å²) in [6, 6.07) is 8.08. The molecule has 282 valence electrons. The van der Waals surface area contributed by atoms with E-state index in [0.29, 0.717) is 37.5 Å². The third-order valence-corrected chi connectivity index (χ3v) is 11.1. The summed E-state index contributed by atoms with van der Waals surface area (Å²) < 4.78 is 131. The molecular weight excluding hydrogens is 766 g/mol. The van der Waals surface area contributed by atoms with Gasteiger partial charge in [-0.15, -0.1) is 11.3 Å². The minimum Gasteiger partial charge on any atom is -0.346 e. The van der Waals surface area contributed by atoms with Crippen molar-refractivity contribution < 1.29 is 43.9 Å². The molecule has 54 heavy (non-hydrogen) atoms. The minimum absolute atomic E-state index is 0.0187. The molecule has 0 spiro atoms. The Morgan fingerprint density at radius 1 is 1.07 bits per heavy atom. The van der Waals surface area contributed by atoms with Crippen LogP contribution < -0.4 is 10.0 Å². The fraction of sp³-hybridized carbons (Fsp3) is 0.324. The van der Waals surface area contributed by atoms with E-state index in [9.17, 15) is 35.2 Å². The molecule has 20 heteroatoms. The van der Waals surface area contributed by atoms with Crippen molar-refractivity contribution >= 4 is 54.3 Å². The van der Waals surface area contributed by atoms with Gasteiger partial charge in [0, 0.05) is 41.1 Å². The quantitative estimate of drug-likeness (QED) is 0.154. The highest BCUT2D eigenvalue weighted by atomic mass is 32.2. The van der Waals surface area contributed by atoms with Crippen LogP contribution in [0.5, 0.6) is 0 Å². The largest absolute Gasteiger partial charge is 0.435 e. The number of sulfonamides is 1. The molecule has 2 N–H and O–H groups in total. The second kappa shape index (κ2) is 12.5. The van der Waals surface area contributed by atoms with Gasteiger partial charge in [0.25, 0.3) is 5.92 Å². The first kappa shape index (κ1) is 35.9. The molecule has 0 aliphatic heterocycles. The third-order valence-electron chi connectivity index (χ3n) is 9.79. The van der Waals surface area contributed by atoms with Crippen LogP contribution >= 0.6 is 11.3 Å². The number of thiazole rings is 1. The lowest BCUT2D eigenvalue weighted by molar-refractivity contribution is -0.144. The van der Waals surface area contributed by atoms with Crippen molar-refractivity contribution in [1.82, 2.24) is 34.8 Å². The Labute approximate surface area is 305 Å². The number of halogens is 7. The molecule has 1 unspecified atom stereocenters. The summed E-state index contributed by atoms with van der Waals surface area (Å²) in [5.74, 6) is -8.89. The number of alkyl halides is 5. The van der Waals surface area contributed by atoms with E-state index < -0.39 is 81.0 Å². The zero-order valence-corrected chi connectivity index (χ0v) is 29.7. The highest BCUT2D eigenvalue weighted by Gasteiger charge is 2.63. The van der Waals surface area contributed by atoms with Gasteiger partial charge in [-0.25, -0.2) is 27.2 Å². The third kappa shape index (κ3) is 6.13. The van der Waals surface area contributed by atoms with Crippen LogP contribution in [0, 0.1) is 17.6 Å². The van der Waals surface area contributed by atoms with E-state index >= 15 is 8.78 Å². The summed E-state index contributed by atoms with van der Waals surface area (Å²) in [6.45, 7) is -1.03. The molecule has 1 saturated carbocycles. The first-order valence-electron chi connectivity index (χ1n) is 16.4. The van der Waals surface area contributed by atoms with Crippen molar-refractivity contribution in [3.8, 4) is 11.1 Å². The summed E-state index contributed by atoms with van der Waals surface area (Å²) in [4.78, 5) is 22.9. The van der Waals surface area contributed by atoms with Crippen LogP contribution in [0.4, 0.5) is 36.6 Å². The summed E-state index contributed by atoms with van der Waals surface area (Å²) in [7, 11) is -2.17. The standard InChI is InChI=1S/C34H27F7N8O3S2/c1-48-28-18(4-3-5-20(28)31(46-48)47-54(2,51)52)21-12-24-32(42-14-53-24)44-27(21)23(10-15-8-16(35)11-17(36)9-15)43-25(50)13-49-30-26(29(45-49)34(39,40)41)19-6-7-22(19)33(30,37)38/h3-5,8-9,11-12,14,19,22-23H,6-7,10,13H2,1-2H3,(H,43,50)(H,46,47)/t19-,22+,23?/m0/s1. The van der Waals surface area contributed by atoms with Gasteiger partial charge in [0.2, 0.25) is 15.9 Å². The summed E-state index contributed by atoms with van der Waals surface area (Å²) in [5, 5.41) is 10.9. The minimum atomic E-state index is -5.05. The lowest BCUT2D eigenvalue weighted by atomic mass is 9.73. The number of hydrogen-bond donors (Lipinski definition) is 2. The number of pyridine rings is 1. The van der Waals surface area contributed by atoms with Crippen LogP contribution in [0.2, 0.25) is 0 Å². The molecule has 1 fully saturated rings. The zero-order valence-electron chi connectivity index (χ0n) is 28.0. The van der Waals surface area contributed by atoms with Gasteiger partial charge in [-0.05, 0) is 55.0 Å². The van der Waals surface area contributed by atoms with Crippen molar-refractivity contribution in [3.63, 3.8) is 0 Å². The normalized spacial score (nSPS) is 18.4. The molecule has 1 amide bonds. The monoisotopic (exact) mass is 792 g/mol. The maximum absolute atomic E-state index is 15.6. The maximum atomic E-state index is 15.6. The number of rotatable bonds is 9. The van der Waals surface area contributed by atoms with Crippen molar-refractivity contribution in [2.45, 2.75) is 49.9 Å². The van der Waals surface area contributed by atoms with Crippen LogP contribution in [0.3, 0.4) is 0 Å². The maximum Gasteiger partial charge on any atom is 0.435 e. The molecule has 11 nitrogen and oxygen atoms in total. The summed E-state index contributed by atoms with van der Waals surface area (Å²) in [5.41, 5.74) is 0.126. The molecule has 0 saturated heterocycles. The Kier molecular flexibility index (Phi) is 8.29. The van der Waals surface area contributed by atoms with Crippen LogP contribution in [-0.4, -0.2) is 50.1 Å². The molecule has 2 aliphatic rings. The number of benzene rings is 2. The SMILES string of the molecule is Cn1nc(NS(C)(=O)=O)c2cccc(-c3cc4scnc4nc3C(Cc3cc(F)cc(F)c3)NC(=O)Cn3nc(C(F)(F)F)c4c3C(F)(F)[C@@H]3CC[C@H]43)c21. The number of carbonyl (C=O) groups excluding carboxylic acids is 1. The van der Waals surface area contributed by atoms with Crippen LogP contribution in [-0.2, 0) is 46.9 Å². The Morgan fingerprint density at radius 2 is 1.81 bits per heavy atom. The lowest BCUT2D eigenvalue weighted by Gasteiger charge is -2.34. The number of nitrogens with one attached hydrogen (secondary N) is 2. The van der Waals surface area contributed by atoms with Gasteiger partial charge in [0.05, 0.1) is 33.7 Å². The van der Waals surface area contributed by atoms with E-state index in [-0.39, 0.29) is 42.0 Å². The topological polar surface area (TPSA) is 137 Å². The molecule has 4 heterocycles. The number of hydrogen-bond acceptors (Lipinski definition) is 8. The van der Waals surface area contributed by atoms with Crippen molar-refractivity contribution in [1.29, 1.82) is 0 Å². The molecular formula is C34H27F7N8O3S2. The molecule has 4 aromatic heterocycles. The van der Waals surface area contributed by atoms with Gasteiger partial charge in [-0.2, -0.15) is 32.1 Å². The van der Waals surface area contributed by atoms with E-state index in [1.54, 1.807) is 31.3 Å². The highest BCUT2D eigenvalue weighted by molar-refractivity contribution is 7.92. The van der Waals surface area contributed by atoms with E-state index in [0.717, 1.165) is 18.4 Å². The first-order valence-corrected chi connectivity index (χ1v) is 19.1. The summed E-state index contributed by atoms with van der Waals surface area (Å²) >= 11 is 1.23. The molecule has 3 atom stereocenters. The second-order valence-corrected chi connectivity index (χ2v) is 16.1. The Balaban J connectivity index is 1.26.